The highest BCUT2D eigenvalue weighted by Crippen LogP contribution is 2.31. The number of carbonyl (C=O) groups is 1. The summed E-state index contributed by atoms with van der Waals surface area (Å²) in [5.74, 6) is 0.164. The lowest BCUT2D eigenvalue weighted by Crippen LogP contribution is -2.12. The Balaban J connectivity index is 1.62. The highest BCUT2D eigenvalue weighted by atomic mass is 35.5. The number of hydrogen-bond acceptors (Lipinski definition) is 3. The van der Waals surface area contributed by atoms with Crippen LogP contribution in [0.5, 0.6) is 5.75 Å². The Morgan fingerprint density at radius 1 is 1.11 bits per heavy atom. The first-order chi connectivity index (χ1) is 12.8. The average molecular weight is 412 g/mol. The van der Waals surface area contributed by atoms with E-state index in [1.54, 1.807) is 35.7 Å². The van der Waals surface area contributed by atoms with E-state index in [1.165, 1.54) is 23.5 Å². The van der Waals surface area contributed by atoms with Gasteiger partial charge in [0, 0.05) is 16.3 Å². The van der Waals surface area contributed by atoms with Crippen molar-refractivity contribution in [2.24, 2.45) is 0 Å². The summed E-state index contributed by atoms with van der Waals surface area (Å²) in [5.41, 5.74) is 0.0508. The minimum atomic E-state index is -4.46. The molecule has 0 saturated carbocycles. The number of rotatable bonds is 5. The molecule has 0 bridgehead atoms. The Hall–Kier alpha value is -2.51. The Bertz CT molecular complexity index is 939. The molecular formula is C19H13ClF3NO2S. The molecule has 0 unspecified atom stereocenters. The summed E-state index contributed by atoms with van der Waals surface area (Å²) in [4.78, 5) is 12.6. The molecule has 0 aliphatic heterocycles. The van der Waals surface area contributed by atoms with Crippen LogP contribution in [0.15, 0.2) is 60.0 Å². The first kappa shape index (κ1) is 19.3. The van der Waals surface area contributed by atoms with Crippen LogP contribution < -0.4 is 10.1 Å². The molecule has 1 heterocycles. The lowest BCUT2D eigenvalue weighted by Gasteiger charge is -2.09. The predicted molar refractivity (Wildman–Crippen MR) is 99.5 cm³/mol. The number of alkyl halides is 3. The highest BCUT2D eigenvalue weighted by Gasteiger charge is 2.30. The van der Waals surface area contributed by atoms with Crippen LogP contribution in [0.2, 0.25) is 5.02 Å². The summed E-state index contributed by atoms with van der Waals surface area (Å²) >= 11 is 7.00. The fraction of sp³-hybridized carbons (Fsp3) is 0.105. The second-order valence-electron chi connectivity index (χ2n) is 5.59. The molecule has 3 nitrogen and oxygen atoms in total. The first-order valence-electron chi connectivity index (χ1n) is 7.75. The maximum atomic E-state index is 12.7. The van der Waals surface area contributed by atoms with Crippen molar-refractivity contribution >= 4 is 34.5 Å². The molecule has 3 rings (SSSR count). The number of hydrogen-bond donors (Lipinski definition) is 1. The molecule has 1 aromatic heterocycles. The lowest BCUT2D eigenvalue weighted by molar-refractivity contribution is -0.137. The zero-order valence-corrected chi connectivity index (χ0v) is 15.3. The zero-order valence-electron chi connectivity index (χ0n) is 13.7. The van der Waals surface area contributed by atoms with E-state index in [2.05, 4.69) is 5.32 Å². The van der Waals surface area contributed by atoms with Crippen molar-refractivity contribution in [3.05, 3.63) is 81.0 Å². The number of halogens is 4. The Morgan fingerprint density at radius 3 is 2.56 bits per heavy atom. The quantitative estimate of drug-likeness (QED) is 0.538. The van der Waals surface area contributed by atoms with E-state index in [0.717, 1.165) is 17.7 Å². The Labute approximate surface area is 162 Å². The smallest absolute Gasteiger partial charge is 0.416 e. The van der Waals surface area contributed by atoms with Gasteiger partial charge in [-0.2, -0.15) is 13.2 Å². The van der Waals surface area contributed by atoms with E-state index in [1.807, 2.05) is 0 Å². The van der Waals surface area contributed by atoms with Crippen LogP contribution in [0.3, 0.4) is 0 Å². The third-order valence-corrected chi connectivity index (χ3v) is 4.77. The van der Waals surface area contributed by atoms with Crippen molar-refractivity contribution in [1.29, 1.82) is 0 Å². The second-order valence-corrected chi connectivity index (χ2v) is 6.94. The number of benzene rings is 2. The molecule has 0 aliphatic carbocycles. The molecule has 8 heteroatoms. The van der Waals surface area contributed by atoms with Crippen molar-refractivity contribution in [1.82, 2.24) is 0 Å². The van der Waals surface area contributed by atoms with Crippen LogP contribution in [0.25, 0.3) is 0 Å². The first-order valence-corrected chi connectivity index (χ1v) is 9.01. The molecule has 0 aliphatic rings. The zero-order chi connectivity index (χ0) is 19.4. The minimum absolute atomic E-state index is 0.0854. The fourth-order valence-electron chi connectivity index (χ4n) is 2.23. The van der Waals surface area contributed by atoms with Gasteiger partial charge in [0.25, 0.3) is 5.91 Å². The molecule has 0 atom stereocenters. The molecule has 2 aromatic carbocycles. The van der Waals surface area contributed by atoms with Crippen molar-refractivity contribution in [2.45, 2.75) is 12.8 Å². The van der Waals surface area contributed by atoms with Gasteiger partial charge in [-0.3, -0.25) is 4.79 Å². The maximum Gasteiger partial charge on any atom is 0.416 e. The van der Waals surface area contributed by atoms with Gasteiger partial charge in [-0.25, -0.2) is 0 Å². The highest BCUT2D eigenvalue weighted by molar-refractivity contribution is 7.12. The Morgan fingerprint density at radius 2 is 1.85 bits per heavy atom. The average Bonchev–Trinajstić information content (AvgIpc) is 3.10. The van der Waals surface area contributed by atoms with Gasteiger partial charge in [0.15, 0.2) is 0 Å². The molecule has 140 valence electrons. The van der Waals surface area contributed by atoms with Gasteiger partial charge in [-0.15, -0.1) is 11.3 Å². The van der Waals surface area contributed by atoms with Gasteiger partial charge in [-0.05, 0) is 53.9 Å². The molecule has 3 aromatic rings. The molecule has 0 radical (unpaired) electrons. The molecule has 27 heavy (non-hydrogen) atoms. The molecule has 0 fully saturated rings. The second kappa shape index (κ2) is 8.02. The molecule has 0 spiro atoms. The molecule has 0 saturated heterocycles. The molecule has 1 amide bonds. The van der Waals surface area contributed by atoms with Gasteiger partial charge < -0.3 is 10.1 Å². The Kier molecular flexibility index (Phi) is 5.72. The van der Waals surface area contributed by atoms with Crippen LogP contribution in [0.4, 0.5) is 18.9 Å². The van der Waals surface area contributed by atoms with Crippen molar-refractivity contribution in [3.63, 3.8) is 0 Å². The maximum absolute atomic E-state index is 12.7. The summed E-state index contributed by atoms with van der Waals surface area (Å²) in [6.07, 6.45) is -4.46. The number of carbonyl (C=O) groups excluding carboxylic acids is 1. The lowest BCUT2D eigenvalue weighted by atomic mass is 10.2. The number of ether oxygens (including phenoxy) is 1. The fourth-order valence-corrected chi connectivity index (χ4v) is 3.15. The minimum Gasteiger partial charge on any atom is -0.489 e. The van der Waals surface area contributed by atoms with E-state index < -0.39 is 17.6 Å². The largest absolute Gasteiger partial charge is 0.489 e. The SMILES string of the molecule is O=C(Nc1cccc(C(F)(F)F)c1)c1cc(COc2ccc(Cl)cc2)cs1. The van der Waals surface area contributed by atoms with E-state index >= 15 is 0 Å². The van der Waals surface area contributed by atoms with Crippen molar-refractivity contribution < 1.29 is 22.7 Å². The monoisotopic (exact) mass is 411 g/mol. The number of thiophene rings is 1. The van der Waals surface area contributed by atoms with Crippen LogP contribution >= 0.6 is 22.9 Å². The topological polar surface area (TPSA) is 38.3 Å². The standard InChI is InChI=1S/C19H13ClF3NO2S/c20-14-4-6-16(7-5-14)26-10-12-8-17(27-11-12)18(25)24-15-3-1-2-13(9-15)19(21,22)23/h1-9,11H,10H2,(H,24,25). The molecule has 1 N–H and O–H groups in total. The number of amides is 1. The summed E-state index contributed by atoms with van der Waals surface area (Å²) in [6.45, 7) is 0.259. The molecular weight excluding hydrogens is 399 g/mol. The van der Waals surface area contributed by atoms with Gasteiger partial charge >= 0.3 is 6.18 Å². The summed E-state index contributed by atoms with van der Waals surface area (Å²) < 4.78 is 43.8. The number of nitrogens with one attached hydrogen (secondary N) is 1. The van der Waals surface area contributed by atoms with Crippen molar-refractivity contribution in [2.75, 3.05) is 5.32 Å². The normalized spacial score (nSPS) is 11.3. The van der Waals surface area contributed by atoms with E-state index in [-0.39, 0.29) is 12.3 Å². The number of anilines is 1. The van der Waals surface area contributed by atoms with Crippen molar-refractivity contribution in [3.8, 4) is 5.75 Å². The van der Waals surface area contributed by atoms with Crippen LogP contribution in [-0.4, -0.2) is 5.91 Å². The summed E-state index contributed by atoms with van der Waals surface area (Å²) in [5, 5.41) is 4.84. The van der Waals surface area contributed by atoms with E-state index in [4.69, 9.17) is 16.3 Å². The van der Waals surface area contributed by atoms with E-state index in [9.17, 15) is 18.0 Å². The summed E-state index contributed by atoms with van der Waals surface area (Å²) in [6, 6.07) is 13.0. The predicted octanol–water partition coefficient (Wildman–Crippen LogP) is 6.25. The van der Waals surface area contributed by atoms with Crippen LogP contribution in [0, 0.1) is 0 Å². The van der Waals surface area contributed by atoms with Gasteiger partial charge in [0.05, 0.1) is 10.4 Å². The van der Waals surface area contributed by atoms with E-state index in [0.29, 0.717) is 15.6 Å². The van der Waals surface area contributed by atoms with Crippen LogP contribution in [0.1, 0.15) is 20.8 Å². The summed E-state index contributed by atoms with van der Waals surface area (Å²) in [7, 11) is 0. The van der Waals surface area contributed by atoms with Gasteiger partial charge in [-0.1, -0.05) is 17.7 Å². The van der Waals surface area contributed by atoms with Gasteiger partial charge in [0.1, 0.15) is 12.4 Å². The third kappa shape index (κ3) is 5.24. The third-order valence-electron chi connectivity index (χ3n) is 3.54. The van der Waals surface area contributed by atoms with Crippen LogP contribution in [-0.2, 0) is 12.8 Å². The van der Waals surface area contributed by atoms with Gasteiger partial charge in [0.2, 0.25) is 0 Å².